The van der Waals surface area contributed by atoms with Crippen molar-refractivity contribution in [3.63, 3.8) is 0 Å². The number of hydrogen-bond donors (Lipinski definition) is 0. The number of nitrogens with zero attached hydrogens (tertiary/aromatic N) is 2. The number of carbonyl (C=O) groups is 1. The first-order valence-corrected chi connectivity index (χ1v) is 7.83. The molecule has 0 aliphatic rings. The molecule has 0 aliphatic carbocycles. The van der Waals surface area contributed by atoms with Gasteiger partial charge in [0.2, 0.25) is 0 Å². The van der Waals surface area contributed by atoms with E-state index in [4.69, 9.17) is 0 Å². The molecule has 0 radical (unpaired) electrons. The Labute approximate surface area is 133 Å². The van der Waals surface area contributed by atoms with Crippen LogP contribution in [-0.4, -0.2) is 9.74 Å². The van der Waals surface area contributed by atoms with Crippen LogP contribution in [0.1, 0.15) is 23.0 Å². The van der Waals surface area contributed by atoms with E-state index in [1.807, 2.05) is 67.6 Å². The zero-order chi connectivity index (χ0) is 15.5. The minimum absolute atomic E-state index is 0.0399. The molecule has 1 aromatic heterocycles. The van der Waals surface area contributed by atoms with Gasteiger partial charge in [0.25, 0.3) is 0 Å². The maximum atomic E-state index is 12.1. The number of ketones is 1. The van der Waals surface area contributed by atoms with Crippen LogP contribution in [0.2, 0.25) is 0 Å². The first-order chi connectivity index (χ1) is 10.7. The Balaban J connectivity index is 2.23. The van der Waals surface area contributed by atoms with Crippen molar-refractivity contribution in [1.82, 2.24) is 3.96 Å². The summed E-state index contributed by atoms with van der Waals surface area (Å²) >= 11 is 1.49. The van der Waals surface area contributed by atoms with Crippen molar-refractivity contribution < 1.29 is 4.79 Å². The highest BCUT2D eigenvalue weighted by molar-refractivity contribution is 7.04. The lowest BCUT2D eigenvalue weighted by atomic mass is 10.2. The van der Waals surface area contributed by atoms with Gasteiger partial charge in [-0.2, -0.15) is 0 Å². The van der Waals surface area contributed by atoms with E-state index in [1.54, 1.807) is 6.92 Å². The van der Waals surface area contributed by atoms with Crippen LogP contribution in [0.25, 0.3) is 5.69 Å². The van der Waals surface area contributed by atoms with Crippen LogP contribution >= 0.6 is 11.5 Å². The van der Waals surface area contributed by atoms with Gasteiger partial charge in [0.15, 0.2) is 5.78 Å². The molecule has 0 N–H and O–H groups in total. The van der Waals surface area contributed by atoms with E-state index in [0.717, 1.165) is 21.7 Å². The van der Waals surface area contributed by atoms with Crippen LogP contribution < -0.4 is 4.67 Å². The quantitative estimate of drug-likeness (QED) is 0.665. The summed E-state index contributed by atoms with van der Waals surface area (Å²) in [5, 5.41) is 0. The van der Waals surface area contributed by atoms with Gasteiger partial charge in [-0.1, -0.05) is 36.4 Å². The SMILES string of the molecule is CC(=O)c1c(C)n(-c2ccccc2)sc1=Nc1ccccc1. The summed E-state index contributed by atoms with van der Waals surface area (Å²) in [6, 6.07) is 19.7. The molecular formula is C18H16N2OS. The second-order valence-electron chi connectivity index (χ2n) is 4.99. The summed E-state index contributed by atoms with van der Waals surface area (Å²) in [6.07, 6.45) is 0. The van der Waals surface area contributed by atoms with Crippen molar-refractivity contribution in [1.29, 1.82) is 0 Å². The summed E-state index contributed by atoms with van der Waals surface area (Å²) in [7, 11) is 0. The molecule has 1 heterocycles. The second-order valence-corrected chi connectivity index (χ2v) is 5.92. The number of benzene rings is 2. The molecular weight excluding hydrogens is 292 g/mol. The van der Waals surface area contributed by atoms with E-state index >= 15 is 0 Å². The number of para-hydroxylation sites is 2. The van der Waals surface area contributed by atoms with Gasteiger partial charge in [-0.3, -0.25) is 8.75 Å². The fraction of sp³-hybridized carbons (Fsp3) is 0.111. The molecule has 3 nitrogen and oxygen atoms in total. The number of aromatic nitrogens is 1. The summed E-state index contributed by atoms with van der Waals surface area (Å²) < 4.78 is 2.80. The normalized spacial score (nSPS) is 11.6. The molecule has 0 amide bonds. The van der Waals surface area contributed by atoms with Gasteiger partial charge in [0.05, 0.1) is 16.9 Å². The van der Waals surface area contributed by atoms with Crippen molar-refractivity contribution in [3.8, 4) is 5.69 Å². The molecule has 3 rings (SSSR count). The van der Waals surface area contributed by atoms with E-state index in [2.05, 4.69) is 8.95 Å². The molecule has 0 unspecified atom stereocenters. The van der Waals surface area contributed by atoms with Crippen molar-refractivity contribution in [3.05, 3.63) is 76.6 Å². The zero-order valence-electron chi connectivity index (χ0n) is 12.5. The fourth-order valence-corrected chi connectivity index (χ4v) is 3.53. The maximum Gasteiger partial charge on any atom is 0.164 e. The van der Waals surface area contributed by atoms with Gasteiger partial charge < -0.3 is 0 Å². The summed E-state index contributed by atoms with van der Waals surface area (Å²) in [5.74, 6) is 0.0399. The van der Waals surface area contributed by atoms with Gasteiger partial charge in [-0.25, -0.2) is 4.99 Å². The van der Waals surface area contributed by atoms with E-state index in [1.165, 1.54) is 11.5 Å². The smallest absolute Gasteiger partial charge is 0.164 e. The summed E-state index contributed by atoms with van der Waals surface area (Å²) in [5.41, 5.74) is 3.52. The van der Waals surface area contributed by atoms with Crippen molar-refractivity contribution in [2.45, 2.75) is 13.8 Å². The third-order valence-electron chi connectivity index (χ3n) is 3.39. The Kier molecular flexibility index (Phi) is 4.02. The van der Waals surface area contributed by atoms with Gasteiger partial charge in [-0.15, -0.1) is 0 Å². The third-order valence-corrected chi connectivity index (χ3v) is 4.52. The predicted molar refractivity (Wildman–Crippen MR) is 90.1 cm³/mol. The van der Waals surface area contributed by atoms with Crippen LogP contribution in [0.4, 0.5) is 5.69 Å². The zero-order valence-corrected chi connectivity index (χ0v) is 13.3. The van der Waals surface area contributed by atoms with Crippen LogP contribution in [0.5, 0.6) is 0 Å². The number of hydrogen-bond acceptors (Lipinski definition) is 3. The molecule has 0 saturated heterocycles. The molecule has 0 spiro atoms. The minimum atomic E-state index is 0.0399. The second kappa shape index (κ2) is 6.12. The minimum Gasteiger partial charge on any atom is -0.294 e. The molecule has 0 aliphatic heterocycles. The van der Waals surface area contributed by atoms with Gasteiger partial charge in [-0.05, 0) is 49.6 Å². The predicted octanol–water partition coefficient (Wildman–Crippen LogP) is 4.28. The third kappa shape index (κ3) is 2.78. The molecule has 2 aromatic carbocycles. The summed E-state index contributed by atoms with van der Waals surface area (Å²) in [4.78, 5) is 16.7. The molecule has 22 heavy (non-hydrogen) atoms. The Bertz CT molecular complexity index is 861. The molecule has 0 atom stereocenters. The van der Waals surface area contributed by atoms with Crippen LogP contribution in [-0.2, 0) is 0 Å². The topological polar surface area (TPSA) is 34.4 Å². The van der Waals surface area contributed by atoms with Gasteiger partial charge >= 0.3 is 0 Å². The number of Topliss-reactive ketones (excluding diaryl/α,β-unsaturated/α-hetero) is 1. The Morgan fingerprint density at radius 2 is 1.59 bits per heavy atom. The van der Waals surface area contributed by atoms with Crippen molar-refractivity contribution >= 4 is 23.0 Å². The average molecular weight is 308 g/mol. The van der Waals surface area contributed by atoms with Crippen LogP contribution in [0.3, 0.4) is 0 Å². The number of carbonyl (C=O) groups excluding carboxylic acids is 1. The molecule has 0 fully saturated rings. The van der Waals surface area contributed by atoms with E-state index in [-0.39, 0.29) is 5.78 Å². The monoisotopic (exact) mass is 308 g/mol. The molecule has 3 aromatic rings. The summed E-state index contributed by atoms with van der Waals surface area (Å²) in [6.45, 7) is 3.55. The Morgan fingerprint density at radius 1 is 1.00 bits per heavy atom. The fourth-order valence-electron chi connectivity index (χ4n) is 2.37. The van der Waals surface area contributed by atoms with Gasteiger partial charge in [0, 0.05) is 5.69 Å². The highest BCUT2D eigenvalue weighted by Gasteiger charge is 2.15. The van der Waals surface area contributed by atoms with Crippen molar-refractivity contribution in [2.24, 2.45) is 4.99 Å². The standard InChI is InChI=1S/C18H16N2OS/c1-13-17(14(2)21)18(19-15-9-5-3-6-10-15)22-20(13)16-11-7-4-8-12-16/h3-12H,1-2H3. The first kappa shape index (κ1) is 14.5. The van der Waals surface area contributed by atoms with Crippen LogP contribution in [0, 0.1) is 6.92 Å². The van der Waals surface area contributed by atoms with E-state index < -0.39 is 0 Å². The molecule has 0 saturated carbocycles. The molecule has 4 heteroatoms. The lowest BCUT2D eigenvalue weighted by Gasteiger charge is -2.04. The largest absolute Gasteiger partial charge is 0.294 e. The molecule has 110 valence electrons. The maximum absolute atomic E-state index is 12.1. The highest BCUT2D eigenvalue weighted by Crippen LogP contribution is 2.18. The highest BCUT2D eigenvalue weighted by atomic mass is 32.1. The number of rotatable bonds is 3. The Morgan fingerprint density at radius 3 is 2.18 bits per heavy atom. The van der Waals surface area contributed by atoms with Gasteiger partial charge in [0.1, 0.15) is 4.67 Å². The first-order valence-electron chi connectivity index (χ1n) is 7.06. The van der Waals surface area contributed by atoms with Crippen LogP contribution in [0.15, 0.2) is 65.7 Å². The molecule has 0 bridgehead atoms. The van der Waals surface area contributed by atoms with E-state index in [0.29, 0.717) is 5.56 Å². The van der Waals surface area contributed by atoms with Crippen molar-refractivity contribution in [2.75, 3.05) is 0 Å². The average Bonchev–Trinajstić information content (AvgIpc) is 2.85. The lowest BCUT2D eigenvalue weighted by molar-refractivity contribution is 0.101. The Hall–Kier alpha value is -2.46. The van der Waals surface area contributed by atoms with E-state index in [9.17, 15) is 4.79 Å². The lowest BCUT2D eigenvalue weighted by Crippen LogP contribution is -2.08.